The number of aliphatic carboxylic acids is 1. The molecule has 1 aliphatic heterocycles. The lowest BCUT2D eigenvalue weighted by Gasteiger charge is -2.22. The molecule has 0 aromatic heterocycles. The lowest BCUT2D eigenvalue weighted by Crippen LogP contribution is -2.36. The van der Waals surface area contributed by atoms with E-state index in [9.17, 15) is 9.59 Å². The zero-order valence-corrected chi connectivity index (χ0v) is 18.0. The molecule has 7 heteroatoms. The number of thioether (sulfide) groups is 1. The van der Waals surface area contributed by atoms with E-state index in [2.05, 4.69) is 0 Å². The van der Waals surface area contributed by atoms with E-state index >= 15 is 0 Å². The number of carboxylic acids is 1. The van der Waals surface area contributed by atoms with Crippen molar-refractivity contribution in [1.82, 2.24) is 4.90 Å². The van der Waals surface area contributed by atoms with Gasteiger partial charge in [-0.1, -0.05) is 36.8 Å². The molecule has 1 saturated heterocycles. The SMILES string of the molecule is CC[C@H](C)N1C(=O)/C(=C\c2cccc(OCC(=O)O)c2)SC1=Nc1ccc(C)cc1. The minimum atomic E-state index is -1.04. The van der Waals surface area contributed by atoms with E-state index in [1.165, 1.54) is 11.8 Å². The van der Waals surface area contributed by atoms with Gasteiger partial charge in [0.1, 0.15) is 5.75 Å². The van der Waals surface area contributed by atoms with Crippen molar-refractivity contribution >= 4 is 40.6 Å². The van der Waals surface area contributed by atoms with Gasteiger partial charge in [-0.2, -0.15) is 0 Å². The molecule has 0 saturated carbocycles. The van der Waals surface area contributed by atoms with Gasteiger partial charge in [0.15, 0.2) is 11.8 Å². The standard InChI is InChI=1S/C23H24N2O4S/c1-4-16(3)25-22(28)20(30-23(25)24-18-10-8-15(2)9-11-18)13-17-6-5-7-19(12-17)29-14-21(26)27/h5-13,16H,4,14H2,1-3H3,(H,26,27)/b20-13+,24-23?/t16-/m0/s1. The van der Waals surface area contributed by atoms with Crippen LogP contribution in [0.4, 0.5) is 5.69 Å². The lowest BCUT2D eigenvalue weighted by atomic mass is 10.2. The number of aryl methyl sites for hydroxylation is 1. The van der Waals surface area contributed by atoms with Gasteiger partial charge in [0.2, 0.25) is 0 Å². The maximum atomic E-state index is 13.1. The highest BCUT2D eigenvalue weighted by atomic mass is 32.2. The minimum absolute atomic E-state index is 0.0188. The number of carbonyl (C=O) groups is 2. The molecule has 3 rings (SSSR count). The number of aliphatic imine (C=N–C) groups is 1. The van der Waals surface area contributed by atoms with Crippen molar-refractivity contribution in [2.45, 2.75) is 33.2 Å². The molecule has 0 radical (unpaired) electrons. The number of ether oxygens (including phenoxy) is 1. The molecule has 0 spiro atoms. The molecule has 1 aliphatic rings. The molecular formula is C23H24N2O4S. The predicted molar refractivity (Wildman–Crippen MR) is 120 cm³/mol. The third-order valence-corrected chi connectivity index (χ3v) is 5.63. The second-order valence-electron chi connectivity index (χ2n) is 7.03. The van der Waals surface area contributed by atoms with Crippen LogP contribution in [0.1, 0.15) is 31.4 Å². The number of rotatable bonds is 7. The van der Waals surface area contributed by atoms with Gasteiger partial charge in [0, 0.05) is 6.04 Å². The summed E-state index contributed by atoms with van der Waals surface area (Å²) >= 11 is 1.34. The van der Waals surface area contributed by atoms with E-state index in [0.29, 0.717) is 15.8 Å². The molecule has 156 valence electrons. The monoisotopic (exact) mass is 424 g/mol. The maximum Gasteiger partial charge on any atom is 0.341 e. The average Bonchev–Trinajstić information content (AvgIpc) is 3.02. The number of benzene rings is 2. The van der Waals surface area contributed by atoms with Crippen LogP contribution >= 0.6 is 11.8 Å². The first-order valence-corrected chi connectivity index (χ1v) is 10.5. The van der Waals surface area contributed by atoms with E-state index in [4.69, 9.17) is 14.8 Å². The summed E-state index contributed by atoms with van der Waals surface area (Å²) in [6, 6.07) is 14.9. The smallest absolute Gasteiger partial charge is 0.341 e. The van der Waals surface area contributed by atoms with Crippen LogP contribution in [0.5, 0.6) is 5.75 Å². The molecule has 1 N–H and O–H groups in total. The number of hydrogen-bond donors (Lipinski definition) is 1. The second-order valence-corrected chi connectivity index (χ2v) is 8.04. The Balaban J connectivity index is 1.90. The molecule has 1 atom stereocenters. The fourth-order valence-electron chi connectivity index (χ4n) is 2.86. The molecule has 0 bridgehead atoms. The Kier molecular flexibility index (Phi) is 6.95. The van der Waals surface area contributed by atoms with E-state index in [-0.39, 0.29) is 11.9 Å². The summed E-state index contributed by atoms with van der Waals surface area (Å²) in [7, 11) is 0. The number of carbonyl (C=O) groups excluding carboxylic acids is 1. The Morgan fingerprint density at radius 3 is 2.67 bits per heavy atom. The van der Waals surface area contributed by atoms with E-state index in [0.717, 1.165) is 23.2 Å². The number of amidine groups is 1. The summed E-state index contributed by atoms with van der Waals surface area (Å²) in [5.41, 5.74) is 2.71. The van der Waals surface area contributed by atoms with Gasteiger partial charge in [-0.3, -0.25) is 9.69 Å². The highest BCUT2D eigenvalue weighted by Crippen LogP contribution is 2.36. The number of nitrogens with zero attached hydrogens (tertiary/aromatic N) is 2. The molecule has 30 heavy (non-hydrogen) atoms. The summed E-state index contributed by atoms with van der Waals surface area (Å²) in [6.07, 6.45) is 2.60. The van der Waals surface area contributed by atoms with Gasteiger partial charge < -0.3 is 9.84 Å². The zero-order valence-electron chi connectivity index (χ0n) is 17.2. The van der Waals surface area contributed by atoms with Gasteiger partial charge in [-0.15, -0.1) is 0 Å². The molecule has 0 unspecified atom stereocenters. The zero-order chi connectivity index (χ0) is 21.7. The molecule has 0 aliphatic carbocycles. The average molecular weight is 425 g/mol. The third-order valence-electron chi connectivity index (χ3n) is 4.65. The highest BCUT2D eigenvalue weighted by Gasteiger charge is 2.36. The normalized spacial score (nSPS) is 17.6. The molecule has 1 amide bonds. The fraction of sp³-hybridized carbons (Fsp3) is 0.261. The number of carboxylic acid groups (broad SMARTS) is 1. The number of amides is 1. The van der Waals surface area contributed by atoms with Crippen LogP contribution in [0.25, 0.3) is 6.08 Å². The van der Waals surface area contributed by atoms with E-state index in [1.54, 1.807) is 29.2 Å². The minimum Gasteiger partial charge on any atom is -0.482 e. The van der Waals surface area contributed by atoms with Crippen LogP contribution in [0, 0.1) is 6.92 Å². The Bertz CT molecular complexity index is 999. The summed E-state index contributed by atoms with van der Waals surface area (Å²) < 4.78 is 5.23. The first-order valence-electron chi connectivity index (χ1n) is 9.70. The second kappa shape index (κ2) is 9.63. The van der Waals surface area contributed by atoms with Crippen LogP contribution in [0.15, 0.2) is 58.4 Å². The Labute approximate surface area is 180 Å². The molecule has 2 aromatic carbocycles. The van der Waals surface area contributed by atoms with Crippen molar-refractivity contribution < 1.29 is 19.4 Å². The molecule has 2 aromatic rings. The van der Waals surface area contributed by atoms with Gasteiger partial charge in [0.25, 0.3) is 5.91 Å². The molecule has 1 fully saturated rings. The summed E-state index contributed by atoms with van der Waals surface area (Å²) in [5.74, 6) is -0.687. The highest BCUT2D eigenvalue weighted by molar-refractivity contribution is 8.18. The van der Waals surface area contributed by atoms with E-state index < -0.39 is 12.6 Å². The maximum absolute atomic E-state index is 13.1. The Morgan fingerprint density at radius 1 is 1.27 bits per heavy atom. The van der Waals surface area contributed by atoms with Crippen molar-refractivity contribution in [2.24, 2.45) is 4.99 Å². The topological polar surface area (TPSA) is 79.2 Å². The van der Waals surface area contributed by atoms with Crippen molar-refractivity contribution in [3.8, 4) is 5.75 Å². The van der Waals surface area contributed by atoms with Crippen molar-refractivity contribution in [3.63, 3.8) is 0 Å². The van der Waals surface area contributed by atoms with Crippen LogP contribution in [0.2, 0.25) is 0 Å². The van der Waals surface area contributed by atoms with Crippen LogP contribution < -0.4 is 4.74 Å². The van der Waals surface area contributed by atoms with Crippen LogP contribution in [0.3, 0.4) is 0 Å². The van der Waals surface area contributed by atoms with Crippen LogP contribution in [-0.4, -0.2) is 39.7 Å². The molecule has 1 heterocycles. The van der Waals surface area contributed by atoms with Gasteiger partial charge in [-0.05, 0) is 67.9 Å². The van der Waals surface area contributed by atoms with Gasteiger partial charge in [-0.25, -0.2) is 9.79 Å². The van der Waals surface area contributed by atoms with Gasteiger partial charge in [0.05, 0.1) is 10.6 Å². The van der Waals surface area contributed by atoms with Crippen molar-refractivity contribution in [2.75, 3.05) is 6.61 Å². The first-order chi connectivity index (χ1) is 14.4. The predicted octanol–water partition coefficient (Wildman–Crippen LogP) is 4.86. The molecular weight excluding hydrogens is 400 g/mol. The Morgan fingerprint density at radius 2 is 2.00 bits per heavy atom. The third kappa shape index (κ3) is 5.30. The fourth-order valence-corrected chi connectivity index (χ4v) is 3.95. The van der Waals surface area contributed by atoms with Crippen molar-refractivity contribution in [3.05, 3.63) is 64.6 Å². The summed E-state index contributed by atoms with van der Waals surface area (Å²) in [4.78, 5) is 30.8. The van der Waals surface area contributed by atoms with E-state index in [1.807, 2.05) is 51.1 Å². The Hall–Kier alpha value is -3.06. The van der Waals surface area contributed by atoms with Crippen molar-refractivity contribution in [1.29, 1.82) is 0 Å². The number of hydrogen-bond acceptors (Lipinski definition) is 5. The summed E-state index contributed by atoms with van der Waals surface area (Å²) in [6.45, 7) is 5.65. The summed E-state index contributed by atoms with van der Waals surface area (Å²) in [5, 5.41) is 9.43. The molecule has 6 nitrogen and oxygen atoms in total. The lowest BCUT2D eigenvalue weighted by molar-refractivity contribution is -0.139. The largest absolute Gasteiger partial charge is 0.482 e. The first kappa shape index (κ1) is 21.6. The quantitative estimate of drug-likeness (QED) is 0.642. The van der Waals surface area contributed by atoms with Gasteiger partial charge >= 0.3 is 5.97 Å². The van der Waals surface area contributed by atoms with Crippen LogP contribution in [-0.2, 0) is 9.59 Å².